The molecule has 1 amide bonds. The van der Waals surface area contributed by atoms with Crippen molar-refractivity contribution in [1.82, 2.24) is 4.98 Å². The van der Waals surface area contributed by atoms with Crippen molar-refractivity contribution < 1.29 is 17.9 Å². The molecule has 7 nitrogen and oxygen atoms in total. The van der Waals surface area contributed by atoms with Gasteiger partial charge in [-0.05, 0) is 67.6 Å². The topological polar surface area (TPSA) is 97.4 Å². The highest BCUT2D eigenvalue weighted by Crippen LogP contribution is 2.27. The number of rotatable bonds is 7. The highest BCUT2D eigenvalue weighted by Gasteiger charge is 2.20. The molecule has 10 heteroatoms. The number of amides is 1. The maximum atomic E-state index is 12.7. The Kier molecular flexibility index (Phi) is 6.64. The first-order valence-corrected chi connectivity index (χ1v) is 12.4. The third kappa shape index (κ3) is 5.70. The number of sulfonamides is 1. The quantitative estimate of drug-likeness (QED) is 0.327. The predicted molar refractivity (Wildman–Crippen MR) is 130 cm³/mol. The van der Waals surface area contributed by atoms with Crippen LogP contribution in [0.4, 0.5) is 10.8 Å². The van der Waals surface area contributed by atoms with Gasteiger partial charge >= 0.3 is 0 Å². The van der Waals surface area contributed by atoms with Crippen LogP contribution >= 0.6 is 22.9 Å². The van der Waals surface area contributed by atoms with Crippen molar-refractivity contribution >= 4 is 49.7 Å². The van der Waals surface area contributed by atoms with Crippen LogP contribution in [0.1, 0.15) is 15.4 Å². The molecule has 0 fully saturated rings. The van der Waals surface area contributed by atoms with Gasteiger partial charge in [-0.2, -0.15) is 0 Å². The van der Waals surface area contributed by atoms with E-state index < -0.39 is 15.9 Å². The SMILES string of the molecule is Cc1nc(NS(=O)(=O)c2ccc(Cl)cc2)sc1C(=O)Nc1ccc(Oc2ccccc2)cc1. The van der Waals surface area contributed by atoms with Crippen molar-refractivity contribution in [3.8, 4) is 11.5 Å². The lowest BCUT2D eigenvalue weighted by Gasteiger charge is -2.07. The number of nitrogens with zero attached hydrogens (tertiary/aromatic N) is 1. The minimum atomic E-state index is -3.86. The molecule has 0 aliphatic rings. The lowest BCUT2D eigenvalue weighted by atomic mass is 10.3. The summed E-state index contributed by atoms with van der Waals surface area (Å²) in [5, 5.41) is 3.31. The number of hydrogen-bond acceptors (Lipinski definition) is 6. The van der Waals surface area contributed by atoms with Gasteiger partial charge in [0.1, 0.15) is 16.4 Å². The number of nitrogens with one attached hydrogen (secondary N) is 2. The molecular formula is C23H18ClN3O4S2. The second-order valence-corrected chi connectivity index (χ2v) is 10.0. The van der Waals surface area contributed by atoms with Gasteiger partial charge in [-0.25, -0.2) is 13.4 Å². The number of para-hydroxylation sites is 1. The predicted octanol–water partition coefficient (Wildman–Crippen LogP) is 5.95. The maximum absolute atomic E-state index is 12.7. The molecule has 1 heterocycles. The second-order valence-electron chi connectivity index (χ2n) is 6.89. The summed E-state index contributed by atoms with van der Waals surface area (Å²) in [6.07, 6.45) is 0. The second kappa shape index (κ2) is 9.62. The molecular weight excluding hydrogens is 482 g/mol. The molecule has 0 bridgehead atoms. The van der Waals surface area contributed by atoms with Crippen LogP contribution in [-0.4, -0.2) is 19.3 Å². The van der Waals surface area contributed by atoms with Crippen LogP contribution in [0, 0.1) is 6.92 Å². The van der Waals surface area contributed by atoms with Gasteiger partial charge in [0.2, 0.25) is 0 Å². The zero-order valence-corrected chi connectivity index (χ0v) is 19.7. The van der Waals surface area contributed by atoms with E-state index in [4.69, 9.17) is 16.3 Å². The Hall–Kier alpha value is -3.40. The molecule has 0 aliphatic carbocycles. The number of carbonyl (C=O) groups is 1. The van der Waals surface area contributed by atoms with E-state index >= 15 is 0 Å². The fourth-order valence-electron chi connectivity index (χ4n) is 2.86. The number of aromatic nitrogens is 1. The maximum Gasteiger partial charge on any atom is 0.267 e. The van der Waals surface area contributed by atoms with Gasteiger partial charge in [-0.3, -0.25) is 9.52 Å². The summed E-state index contributed by atoms with van der Waals surface area (Å²) >= 11 is 6.77. The number of carbonyl (C=O) groups excluding carboxylic acids is 1. The average Bonchev–Trinajstić information content (AvgIpc) is 3.15. The molecule has 0 aliphatic heterocycles. The van der Waals surface area contributed by atoms with E-state index in [2.05, 4.69) is 15.0 Å². The van der Waals surface area contributed by atoms with Crippen molar-refractivity contribution in [1.29, 1.82) is 0 Å². The van der Waals surface area contributed by atoms with Crippen LogP contribution in [0.15, 0.2) is 83.8 Å². The number of ether oxygens (including phenoxy) is 1. The van der Waals surface area contributed by atoms with Crippen LogP contribution in [0.25, 0.3) is 0 Å². The Balaban J connectivity index is 1.43. The summed E-state index contributed by atoms with van der Waals surface area (Å²) in [5.41, 5.74) is 0.979. The van der Waals surface area contributed by atoms with Gasteiger partial charge in [0.15, 0.2) is 5.13 Å². The molecule has 0 radical (unpaired) electrons. The third-order valence-electron chi connectivity index (χ3n) is 4.44. The van der Waals surface area contributed by atoms with E-state index in [-0.39, 0.29) is 10.0 Å². The molecule has 0 unspecified atom stereocenters. The Bertz CT molecular complexity index is 1370. The molecule has 2 N–H and O–H groups in total. The fourth-order valence-corrected chi connectivity index (χ4v) is 5.08. The van der Waals surface area contributed by atoms with Gasteiger partial charge < -0.3 is 10.1 Å². The number of aryl methyl sites for hydroxylation is 1. The van der Waals surface area contributed by atoms with Crippen LogP contribution in [0.5, 0.6) is 11.5 Å². The summed E-state index contributed by atoms with van der Waals surface area (Å²) in [7, 11) is -3.86. The summed E-state index contributed by atoms with van der Waals surface area (Å²) in [6, 6.07) is 22.0. The zero-order valence-electron chi connectivity index (χ0n) is 17.3. The smallest absolute Gasteiger partial charge is 0.267 e. The summed E-state index contributed by atoms with van der Waals surface area (Å²) in [4.78, 5) is 17.3. The van der Waals surface area contributed by atoms with Gasteiger partial charge in [0.25, 0.3) is 15.9 Å². The lowest BCUT2D eigenvalue weighted by Crippen LogP contribution is -2.12. The monoisotopic (exact) mass is 499 g/mol. The van der Waals surface area contributed by atoms with Gasteiger partial charge in [-0.15, -0.1) is 0 Å². The molecule has 3 aromatic carbocycles. The van der Waals surface area contributed by atoms with E-state index in [9.17, 15) is 13.2 Å². The van der Waals surface area contributed by atoms with E-state index in [1.54, 1.807) is 31.2 Å². The average molecular weight is 500 g/mol. The molecule has 1 aromatic heterocycles. The first-order valence-electron chi connectivity index (χ1n) is 9.70. The number of thiazole rings is 1. The van der Waals surface area contributed by atoms with Crippen LogP contribution < -0.4 is 14.8 Å². The Morgan fingerprint density at radius 3 is 2.24 bits per heavy atom. The Morgan fingerprint density at radius 1 is 0.939 bits per heavy atom. The zero-order chi connectivity index (χ0) is 23.4. The number of halogens is 1. The molecule has 33 heavy (non-hydrogen) atoms. The molecule has 0 saturated heterocycles. The Morgan fingerprint density at radius 2 is 1.58 bits per heavy atom. The van der Waals surface area contributed by atoms with Crippen molar-refractivity contribution in [2.45, 2.75) is 11.8 Å². The molecule has 0 spiro atoms. The van der Waals surface area contributed by atoms with Crippen molar-refractivity contribution in [3.05, 3.63) is 94.5 Å². The first kappa shape index (κ1) is 22.8. The molecule has 4 rings (SSSR count). The van der Waals surface area contributed by atoms with Gasteiger partial charge in [0, 0.05) is 10.7 Å². The van der Waals surface area contributed by atoms with Gasteiger partial charge in [0.05, 0.1) is 10.6 Å². The summed E-state index contributed by atoms with van der Waals surface area (Å²) in [5.74, 6) is 0.953. The minimum absolute atomic E-state index is 0.0450. The normalized spacial score (nSPS) is 11.1. The summed E-state index contributed by atoms with van der Waals surface area (Å²) < 4.78 is 33.3. The van der Waals surface area contributed by atoms with E-state index in [1.807, 2.05) is 30.3 Å². The van der Waals surface area contributed by atoms with Crippen molar-refractivity contribution in [3.63, 3.8) is 0 Å². The van der Waals surface area contributed by atoms with E-state index in [1.165, 1.54) is 24.3 Å². The van der Waals surface area contributed by atoms with Crippen LogP contribution in [0.2, 0.25) is 5.02 Å². The fraction of sp³-hybridized carbons (Fsp3) is 0.0435. The van der Waals surface area contributed by atoms with Crippen molar-refractivity contribution in [2.75, 3.05) is 10.0 Å². The largest absolute Gasteiger partial charge is 0.457 e. The van der Waals surface area contributed by atoms with Crippen molar-refractivity contribution in [2.24, 2.45) is 0 Å². The molecule has 0 saturated carbocycles. The van der Waals surface area contributed by atoms with Gasteiger partial charge in [-0.1, -0.05) is 41.1 Å². The van der Waals surface area contributed by atoms with Crippen LogP contribution in [-0.2, 0) is 10.0 Å². The number of anilines is 2. The van der Waals surface area contributed by atoms with Crippen LogP contribution in [0.3, 0.4) is 0 Å². The number of benzene rings is 3. The molecule has 168 valence electrons. The molecule has 4 aromatic rings. The minimum Gasteiger partial charge on any atom is -0.457 e. The summed E-state index contributed by atoms with van der Waals surface area (Å²) in [6.45, 7) is 1.64. The highest BCUT2D eigenvalue weighted by atomic mass is 35.5. The highest BCUT2D eigenvalue weighted by molar-refractivity contribution is 7.93. The number of hydrogen-bond donors (Lipinski definition) is 2. The first-order chi connectivity index (χ1) is 15.8. The third-order valence-corrected chi connectivity index (χ3v) is 7.25. The molecule has 0 atom stereocenters. The lowest BCUT2D eigenvalue weighted by molar-refractivity contribution is 0.102. The van der Waals surface area contributed by atoms with E-state index in [0.29, 0.717) is 32.8 Å². The Labute approximate surface area is 200 Å². The standard InChI is InChI=1S/C23H18ClN3O4S2/c1-15-21(32-23(25-15)27-33(29,30)20-13-7-16(24)8-14-20)22(28)26-17-9-11-19(12-10-17)31-18-5-3-2-4-6-18/h2-14H,1H3,(H,25,27)(H,26,28). The van der Waals surface area contributed by atoms with E-state index in [0.717, 1.165) is 11.3 Å².